The number of ketones is 1. The molecule has 0 radical (unpaired) electrons. The van der Waals surface area contributed by atoms with Crippen LogP contribution in [0.5, 0.6) is 0 Å². The second kappa shape index (κ2) is 6.99. The van der Waals surface area contributed by atoms with Crippen molar-refractivity contribution in [2.75, 3.05) is 0 Å². The van der Waals surface area contributed by atoms with Gasteiger partial charge in [0.1, 0.15) is 0 Å². The van der Waals surface area contributed by atoms with Gasteiger partial charge in [-0.15, -0.1) is 0 Å². The van der Waals surface area contributed by atoms with Crippen molar-refractivity contribution in [1.29, 1.82) is 0 Å². The maximum atomic E-state index is 14.2. The van der Waals surface area contributed by atoms with Crippen LogP contribution in [0, 0.1) is 50.2 Å². The lowest BCUT2D eigenvalue weighted by atomic mass is 9.33. The van der Waals surface area contributed by atoms with Crippen molar-refractivity contribution in [2.24, 2.45) is 50.2 Å². The van der Waals surface area contributed by atoms with Crippen LogP contribution < -0.4 is 0 Å². The summed E-state index contributed by atoms with van der Waals surface area (Å²) in [5.41, 5.74) is 0.142. The Hall–Kier alpha value is -1.16. The first-order valence-electron chi connectivity index (χ1n) is 13.7. The highest BCUT2D eigenvalue weighted by Crippen LogP contribution is 2.75. The first-order chi connectivity index (χ1) is 15.6. The zero-order valence-corrected chi connectivity index (χ0v) is 22.5. The number of aliphatic hydroxyl groups is 1. The van der Waals surface area contributed by atoms with Gasteiger partial charge in [0, 0.05) is 5.92 Å². The van der Waals surface area contributed by atoms with E-state index in [9.17, 15) is 19.8 Å². The largest absolute Gasteiger partial charge is 0.481 e. The average molecular weight is 471 g/mol. The minimum Gasteiger partial charge on any atom is -0.481 e. The smallest absolute Gasteiger partial charge is 0.309 e. The molecular formula is C30H46O4. The summed E-state index contributed by atoms with van der Waals surface area (Å²) < 4.78 is 0. The fourth-order valence-corrected chi connectivity index (χ4v) is 10.4. The number of carboxylic acids is 1. The van der Waals surface area contributed by atoms with E-state index in [0.717, 1.165) is 51.4 Å². The van der Waals surface area contributed by atoms with Gasteiger partial charge < -0.3 is 10.2 Å². The van der Waals surface area contributed by atoms with Gasteiger partial charge in [-0.1, -0.05) is 47.1 Å². The third kappa shape index (κ3) is 2.81. The number of allylic oxidation sites excluding steroid dienone is 2. The van der Waals surface area contributed by atoms with Crippen LogP contribution in [0.1, 0.15) is 106 Å². The van der Waals surface area contributed by atoms with E-state index in [4.69, 9.17) is 0 Å². The number of carbonyl (C=O) groups excluding carboxylic acids is 1. The molecule has 5 aliphatic carbocycles. The summed E-state index contributed by atoms with van der Waals surface area (Å²) in [4.78, 5) is 26.4. The van der Waals surface area contributed by atoms with E-state index in [1.165, 1.54) is 5.57 Å². The minimum atomic E-state index is -0.711. The monoisotopic (exact) mass is 470 g/mol. The first-order valence-corrected chi connectivity index (χ1v) is 13.7. The molecule has 4 saturated carbocycles. The Morgan fingerprint density at radius 2 is 1.56 bits per heavy atom. The lowest BCUT2D eigenvalue weighted by Crippen LogP contribution is -2.66. The number of hydrogen-bond donors (Lipinski definition) is 2. The van der Waals surface area contributed by atoms with Crippen LogP contribution in [0.4, 0.5) is 0 Å². The number of carboxylic acid groups (broad SMARTS) is 1. The van der Waals surface area contributed by atoms with Crippen molar-refractivity contribution >= 4 is 11.8 Å². The first kappa shape index (κ1) is 24.5. The number of carbonyl (C=O) groups is 2. The number of aliphatic carboxylic acids is 1. The molecule has 0 aromatic heterocycles. The van der Waals surface area contributed by atoms with Gasteiger partial charge in [-0.05, 0) is 110 Å². The highest BCUT2D eigenvalue weighted by atomic mass is 16.4. The van der Waals surface area contributed by atoms with Crippen LogP contribution in [0.3, 0.4) is 0 Å². The zero-order chi connectivity index (χ0) is 25.1. The van der Waals surface area contributed by atoms with Gasteiger partial charge in [0.15, 0.2) is 5.78 Å². The number of hydrogen-bond acceptors (Lipinski definition) is 3. The zero-order valence-electron chi connectivity index (χ0n) is 22.5. The van der Waals surface area contributed by atoms with Gasteiger partial charge >= 0.3 is 5.97 Å². The van der Waals surface area contributed by atoms with E-state index in [1.54, 1.807) is 0 Å². The Kier molecular flexibility index (Phi) is 5.04. The number of aliphatic hydroxyl groups excluding tert-OH is 1. The summed E-state index contributed by atoms with van der Waals surface area (Å²) in [5.74, 6) is 0.0603. The molecule has 1 unspecified atom stereocenters. The summed E-state index contributed by atoms with van der Waals surface area (Å²) in [5, 5.41) is 20.9. The normalized spacial score (nSPS) is 54.1. The molecule has 4 heteroatoms. The maximum absolute atomic E-state index is 14.2. The maximum Gasteiger partial charge on any atom is 0.309 e. The van der Waals surface area contributed by atoms with Gasteiger partial charge in [0.05, 0.1) is 11.5 Å². The highest BCUT2D eigenvalue weighted by molar-refractivity contribution is 5.95. The lowest BCUT2D eigenvalue weighted by Gasteiger charge is -2.70. The number of rotatable bonds is 1. The quantitative estimate of drug-likeness (QED) is 0.464. The lowest BCUT2D eigenvalue weighted by molar-refractivity contribution is -0.202. The third-order valence-electron chi connectivity index (χ3n) is 13.1. The second-order valence-corrected chi connectivity index (χ2v) is 14.9. The molecule has 4 nitrogen and oxygen atoms in total. The molecule has 0 aliphatic heterocycles. The van der Waals surface area contributed by atoms with E-state index in [1.807, 2.05) is 13.0 Å². The summed E-state index contributed by atoms with van der Waals surface area (Å²) in [6.07, 6.45) is 9.95. The molecule has 0 heterocycles. The van der Waals surface area contributed by atoms with E-state index in [-0.39, 0.29) is 50.8 Å². The molecule has 0 saturated heterocycles. The van der Waals surface area contributed by atoms with Gasteiger partial charge in [-0.3, -0.25) is 9.59 Å². The molecule has 2 N–H and O–H groups in total. The Morgan fingerprint density at radius 3 is 2.21 bits per heavy atom. The number of fused-ring (bicyclic) bond motifs is 7. The van der Waals surface area contributed by atoms with Gasteiger partial charge in [0.2, 0.25) is 0 Å². The fraction of sp³-hybridized carbons (Fsp3) is 0.867. The van der Waals surface area contributed by atoms with Crippen LogP contribution >= 0.6 is 0 Å². The van der Waals surface area contributed by atoms with Gasteiger partial charge in [-0.25, -0.2) is 0 Å². The van der Waals surface area contributed by atoms with E-state index in [2.05, 4.69) is 41.5 Å². The molecule has 4 fully saturated rings. The molecule has 0 aromatic rings. The topological polar surface area (TPSA) is 74.6 Å². The van der Waals surface area contributed by atoms with Crippen LogP contribution in [0.2, 0.25) is 0 Å². The summed E-state index contributed by atoms with van der Waals surface area (Å²) in [7, 11) is 0. The minimum absolute atomic E-state index is 0.0296. The van der Waals surface area contributed by atoms with E-state index in [0.29, 0.717) is 12.3 Å². The fourth-order valence-electron chi connectivity index (χ4n) is 10.4. The van der Waals surface area contributed by atoms with Crippen molar-refractivity contribution in [3.05, 3.63) is 11.6 Å². The Bertz CT molecular complexity index is 965. The molecule has 5 rings (SSSR count). The van der Waals surface area contributed by atoms with E-state index < -0.39 is 11.4 Å². The van der Waals surface area contributed by atoms with Crippen LogP contribution in [0.15, 0.2) is 11.6 Å². The van der Waals surface area contributed by atoms with Crippen molar-refractivity contribution in [2.45, 2.75) is 112 Å². The van der Waals surface area contributed by atoms with Crippen molar-refractivity contribution in [3.8, 4) is 0 Å². The second-order valence-electron chi connectivity index (χ2n) is 14.9. The summed E-state index contributed by atoms with van der Waals surface area (Å²) in [6.45, 7) is 15.8. The predicted molar refractivity (Wildman–Crippen MR) is 133 cm³/mol. The van der Waals surface area contributed by atoms with E-state index >= 15 is 0 Å². The van der Waals surface area contributed by atoms with Gasteiger partial charge in [0.25, 0.3) is 0 Å². The SMILES string of the molecule is CC1(C)C2CC[C@]3(C)[C@H](C(=O)C=C4[C@@H]5C[C@@](C)(C(=O)O)CC[C@]5(C)CC[C@]43C)[C@@]2(C)CC[C@@H]1O. The Labute approximate surface area is 206 Å². The standard InChI is InChI=1S/C30H46O4/c1-25(2)21-8-11-30(7)23(28(21,5)10-9-22(25)32)20(31)16-18-19-17-27(4,24(33)34)13-12-26(19,3)14-15-29(18,30)6/h16,19,21-23,32H,8-15,17H2,1-7H3,(H,33,34)/t19-,21?,22-,23+,26+,27-,28-,29+,30+/m0/s1. The Morgan fingerprint density at radius 1 is 0.912 bits per heavy atom. The van der Waals surface area contributed by atoms with Crippen molar-refractivity contribution < 1.29 is 19.8 Å². The van der Waals surface area contributed by atoms with Gasteiger partial charge in [-0.2, -0.15) is 0 Å². The molecule has 5 aliphatic rings. The molecule has 0 bridgehead atoms. The Balaban J connectivity index is 1.62. The molecule has 0 amide bonds. The third-order valence-corrected chi connectivity index (χ3v) is 13.1. The summed E-state index contributed by atoms with van der Waals surface area (Å²) >= 11 is 0. The average Bonchev–Trinajstić information content (AvgIpc) is 2.73. The molecule has 0 spiro atoms. The molecule has 190 valence electrons. The van der Waals surface area contributed by atoms with Crippen LogP contribution in [-0.2, 0) is 9.59 Å². The van der Waals surface area contributed by atoms with Crippen LogP contribution in [-0.4, -0.2) is 28.1 Å². The van der Waals surface area contributed by atoms with Crippen molar-refractivity contribution in [1.82, 2.24) is 0 Å². The highest BCUT2D eigenvalue weighted by Gasteiger charge is 2.70. The molecule has 0 aromatic carbocycles. The summed E-state index contributed by atoms with van der Waals surface area (Å²) in [6, 6.07) is 0. The predicted octanol–water partition coefficient (Wildman–Crippen LogP) is 6.41. The molecule has 9 atom stereocenters. The van der Waals surface area contributed by atoms with Crippen LogP contribution in [0.25, 0.3) is 0 Å². The van der Waals surface area contributed by atoms with Crippen molar-refractivity contribution in [3.63, 3.8) is 0 Å². The molecule has 34 heavy (non-hydrogen) atoms. The molecular weight excluding hydrogens is 424 g/mol.